The van der Waals surface area contributed by atoms with Crippen LogP contribution >= 0.6 is 0 Å². The summed E-state index contributed by atoms with van der Waals surface area (Å²) in [6.07, 6.45) is -4.70. The fourth-order valence-electron chi connectivity index (χ4n) is 2.04. The van der Waals surface area contributed by atoms with Gasteiger partial charge in [0.05, 0.1) is 24.7 Å². The number of pyridine rings is 1. The number of methoxy groups -OCH3 is 2. The number of nitro benzene ring substituents is 1. The van der Waals surface area contributed by atoms with Gasteiger partial charge >= 0.3 is 17.8 Å². The van der Waals surface area contributed by atoms with E-state index >= 15 is 0 Å². The first-order valence-corrected chi connectivity index (χ1v) is 6.02. The molecule has 0 atom stereocenters. The summed E-state index contributed by atoms with van der Waals surface area (Å²) >= 11 is 0. The van der Waals surface area contributed by atoms with Crippen LogP contribution in [0.2, 0.25) is 0 Å². The van der Waals surface area contributed by atoms with E-state index in [0.29, 0.717) is 6.07 Å². The van der Waals surface area contributed by atoms with E-state index in [1.807, 2.05) is 0 Å². The van der Waals surface area contributed by atoms with Crippen LogP contribution in [0.3, 0.4) is 0 Å². The highest BCUT2D eigenvalue weighted by Crippen LogP contribution is 2.39. The smallest absolute Gasteiger partial charge is 0.433 e. The second-order valence-electron chi connectivity index (χ2n) is 4.32. The average Bonchev–Trinajstić information content (AvgIpc) is 2.50. The molecule has 0 aliphatic rings. The molecule has 7 nitrogen and oxygen atoms in total. The molecule has 1 heterocycles. The van der Waals surface area contributed by atoms with Crippen LogP contribution in [0, 0.1) is 10.1 Å². The van der Waals surface area contributed by atoms with Crippen molar-refractivity contribution in [2.75, 3.05) is 14.2 Å². The van der Waals surface area contributed by atoms with Crippen molar-refractivity contribution < 1.29 is 32.4 Å². The third-order valence-electron chi connectivity index (χ3n) is 3.00. The normalized spacial score (nSPS) is 11.3. The third-order valence-corrected chi connectivity index (χ3v) is 3.00. The minimum atomic E-state index is -4.70. The summed E-state index contributed by atoms with van der Waals surface area (Å²) in [4.78, 5) is 25.4. The van der Waals surface area contributed by atoms with E-state index in [1.54, 1.807) is 0 Å². The van der Waals surface area contributed by atoms with Gasteiger partial charge in [-0.1, -0.05) is 0 Å². The molecule has 10 heteroatoms. The van der Waals surface area contributed by atoms with Gasteiger partial charge in [0.25, 0.3) is 0 Å². The summed E-state index contributed by atoms with van der Waals surface area (Å²) in [6, 6.07) is 2.54. The fraction of sp³-hybridized carbons (Fsp3) is 0.231. The van der Waals surface area contributed by atoms with Crippen LogP contribution in [0.1, 0.15) is 16.1 Å². The van der Waals surface area contributed by atoms with Gasteiger partial charge in [-0.25, -0.2) is 9.78 Å². The number of nitrogens with zero attached hydrogens (tertiary/aromatic N) is 2. The Balaban J connectivity index is 2.90. The van der Waals surface area contributed by atoms with Crippen LogP contribution in [0.15, 0.2) is 18.2 Å². The third kappa shape index (κ3) is 2.87. The summed E-state index contributed by atoms with van der Waals surface area (Å²) in [5.74, 6) is -1.45. The van der Waals surface area contributed by atoms with E-state index in [2.05, 4.69) is 9.72 Å². The molecule has 2 rings (SSSR count). The second-order valence-corrected chi connectivity index (χ2v) is 4.32. The zero-order chi connectivity index (χ0) is 17.4. The molecule has 0 aliphatic heterocycles. The van der Waals surface area contributed by atoms with Crippen molar-refractivity contribution in [3.8, 4) is 5.75 Å². The molecule has 0 fully saturated rings. The lowest BCUT2D eigenvalue weighted by Gasteiger charge is -2.11. The predicted molar refractivity (Wildman–Crippen MR) is 71.3 cm³/mol. The lowest BCUT2D eigenvalue weighted by Crippen LogP contribution is -2.10. The molecule has 0 aliphatic carbocycles. The molecule has 1 aromatic carbocycles. The SMILES string of the molecule is COC(=O)c1cc2nc(C(F)(F)F)ccc2c(OC)c1[N+](=O)[O-]. The maximum atomic E-state index is 12.7. The Labute approximate surface area is 126 Å². The van der Waals surface area contributed by atoms with Crippen molar-refractivity contribution in [1.82, 2.24) is 4.98 Å². The van der Waals surface area contributed by atoms with Gasteiger partial charge in [0.2, 0.25) is 5.75 Å². The summed E-state index contributed by atoms with van der Waals surface area (Å²) in [5.41, 5.74) is -2.72. The molecule has 23 heavy (non-hydrogen) atoms. The van der Waals surface area contributed by atoms with Crippen molar-refractivity contribution in [3.05, 3.63) is 39.6 Å². The van der Waals surface area contributed by atoms with Gasteiger partial charge in [-0.05, 0) is 18.2 Å². The second kappa shape index (κ2) is 5.71. The summed E-state index contributed by atoms with van der Waals surface area (Å²) in [7, 11) is 2.09. The molecule has 0 amide bonds. The molecule has 0 spiro atoms. The van der Waals surface area contributed by atoms with Crippen LogP contribution in [-0.4, -0.2) is 30.1 Å². The highest BCUT2D eigenvalue weighted by Gasteiger charge is 2.34. The van der Waals surface area contributed by atoms with Crippen molar-refractivity contribution in [2.24, 2.45) is 0 Å². The van der Waals surface area contributed by atoms with Crippen molar-refractivity contribution in [3.63, 3.8) is 0 Å². The van der Waals surface area contributed by atoms with Gasteiger partial charge in [-0.3, -0.25) is 10.1 Å². The highest BCUT2D eigenvalue weighted by atomic mass is 19.4. The number of rotatable bonds is 3. The minimum Gasteiger partial charge on any atom is -0.490 e. The summed E-state index contributed by atoms with van der Waals surface area (Å²) < 4.78 is 47.5. The molecule has 0 radical (unpaired) electrons. The molecule has 0 N–H and O–H groups in total. The number of ether oxygens (including phenoxy) is 2. The van der Waals surface area contributed by atoms with Crippen LogP contribution < -0.4 is 4.74 Å². The summed E-state index contributed by atoms with van der Waals surface area (Å²) in [6.45, 7) is 0. The topological polar surface area (TPSA) is 91.6 Å². The predicted octanol–water partition coefficient (Wildman–Crippen LogP) is 2.96. The molecule has 0 saturated carbocycles. The van der Waals surface area contributed by atoms with E-state index in [-0.39, 0.29) is 16.7 Å². The van der Waals surface area contributed by atoms with E-state index < -0.39 is 34.0 Å². The Morgan fingerprint density at radius 1 is 1.30 bits per heavy atom. The lowest BCUT2D eigenvalue weighted by molar-refractivity contribution is -0.386. The molecule has 0 bridgehead atoms. The number of carbonyl (C=O) groups is 1. The van der Waals surface area contributed by atoms with E-state index in [4.69, 9.17) is 4.74 Å². The van der Waals surface area contributed by atoms with Crippen LogP contribution in [-0.2, 0) is 10.9 Å². The van der Waals surface area contributed by atoms with Gasteiger partial charge in [0.15, 0.2) is 0 Å². The lowest BCUT2D eigenvalue weighted by atomic mass is 10.1. The average molecular weight is 330 g/mol. The highest BCUT2D eigenvalue weighted by molar-refractivity contribution is 6.02. The molecule has 0 unspecified atom stereocenters. The van der Waals surface area contributed by atoms with Gasteiger partial charge in [-0.15, -0.1) is 0 Å². The van der Waals surface area contributed by atoms with Gasteiger partial charge in [-0.2, -0.15) is 13.2 Å². The van der Waals surface area contributed by atoms with E-state index in [0.717, 1.165) is 26.4 Å². The maximum Gasteiger partial charge on any atom is 0.433 e. The number of nitro groups is 1. The number of hydrogen-bond donors (Lipinski definition) is 0. The number of aromatic nitrogens is 1. The monoisotopic (exact) mass is 330 g/mol. The van der Waals surface area contributed by atoms with Crippen molar-refractivity contribution in [2.45, 2.75) is 6.18 Å². The first-order valence-electron chi connectivity index (χ1n) is 6.02. The Hall–Kier alpha value is -2.91. The number of esters is 1. The molecule has 2 aromatic rings. The molecule has 1 aromatic heterocycles. The quantitative estimate of drug-likeness (QED) is 0.488. The number of hydrogen-bond acceptors (Lipinski definition) is 6. The Morgan fingerprint density at radius 3 is 2.43 bits per heavy atom. The van der Waals surface area contributed by atoms with Gasteiger partial charge < -0.3 is 9.47 Å². The Kier molecular flexibility index (Phi) is 4.08. The number of alkyl halides is 3. The fourth-order valence-corrected chi connectivity index (χ4v) is 2.04. The van der Waals surface area contributed by atoms with E-state index in [1.165, 1.54) is 0 Å². The first kappa shape index (κ1) is 16.5. The van der Waals surface area contributed by atoms with Crippen LogP contribution in [0.5, 0.6) is 5.75 Å². The number of fused-ring (bicyclic) bond motifs is 1. The molecule has 0 saturated heterocycles. The molecular weight excluding hydrogens is 321 g/mol. The van der Waals surface area contributed by atoms with Crippen molar-refractivity contribution in [1.29, 1.82) is 0 Å². The molecular formula is C13H9F3N2O5. The zero-order valence-corrected chi connectivity index (χ0v) is 11.8. The van der Waals surface area contributed by atoms with E-state index in [9.17, 15) is 28.1 Å². The maximum absolute atomic E-state index is 12.7. The van der Waals surface area contributed by atoms with Gasteiger partial charge in [0.1, 0.15) is 11.3 Å². The number of carbonyl (C=O) groups excluding carboxylic acids is 1. The Morgan fingerprint density at radius 2 is 1.96 bits per heavy atom. The summed E-state index contributed by atoms with van der Waals surface area (Å²) in [5, 5.41) is 11.2. The largest absolute Gasteiger partial charge is 0.490 e. The number of halogens is 3. The Bertz CT molecular complexity index is 804. The molecule has 122 valence electrons. The van der Waals surface area contributed by atoms with Crippen LogP contribution in [0.25, 0.3) is 10.9 Å². The van der Waals surface area contributed by atoms with Crippen molar-refractivity contribution >= 4 is 22.6 Å². The standard InChI is InChI=1S/C13H9F3N2O5/c1-22-11-6-3-4-9(13(14,15)16)17-8(6)5-7(12(19)23-2)10(11)18(20)21/h3-5H,1-2H3. The minimum absolute atomic E-state index is 0.0279. The number of benzene rings is 1. The first-order chi connectivity index (χ1) is 10.7. The van der Waals surface area contributed by atoms with Gasteiger partial charge in [0, 0.05) is 5.39 Å². The zero-order valence-electron chi connectivity index (χ0n) is 11.8. The van der Waals surface area contributed by atoms with Crippen LogP contribution in [0.4, 0.5) is 18.9 Å².